The number of ether oxygens (including phenoxy) is 1. The SMILES string of the molecule is CCN1C(=O)C(=Cc2cc(Br)ccc2OCC(=O)NCc2ccccc2)N(C)C1=S. The summed E-state index contributed by atoms with van der Waals surface area (Å²) in [6, 6.07) is 15.1. The molecular formula is C22H22BrN3O3S. The zero-order chi connectivity index (χ0) is 21.7. The molecule has 2 aromatic carbocycles. The van der Waals surface area contributed by atoms with Gasteiger partial charge in [-0.25, -0.2) is 0 Å². The minimum Gasteiger partial charge on any atom is -0.483 e. The zero-order valence-corrected chi connectivity index (χ0v) is 19.1. The van der Waals surface area contributed by atoms with E-state index in [1.807, 2.05) is 49.4 Å². The number of likely N-dealkylation sites (N-methyl/N-ethyl adjacent to an activating group) is 2. The molecule has 3 rings (SSSR count). The largest absolute Gasteiger partial charge is 0.483 e. The Morgan fingerprint density at radius 1 is 1.23 bits per heavy atom. The number of nitrogens with one attached hydrogen (secondary N) is 1. The van der Waals surface area contributed by atoms with Gasteiger partial charge in [0.1, 0.15) is 11.4 Å². The topological polar surface area (TPSA) is 61.9 Å². The Labute approximate surface area is 189 Å². The number of rotatable bonds is 7. The Bertz CT molecular complexity index is 994. The summed E-state index contributed by atoms with van der Waals surface area (Å²) in [6.45, 7) is 2.68. The summed E-state index contributed by atoms with van der Waals surface area (Å²) in [4.78, 5) is 28.1. The van der Waals surface area contributed by atoms with Gasteiger partial charge in [-0.15, -0.1) is 0 Å². The van der Waals surface area contributed by atoms with Crippen LogP contribution < -0.4 is 10.1 Å². The Balaban J connectivity index is 1.72. The molecule has 0 aliphatic carbocycles. The molecule has 0 aromatic heterocycles. The van der Waals surface area contributed by atoms with Gasteiger partial charge in [0.15, 0.2) is 11.7 Å². The maximum Gasteiger partial charge on any atom is 0.276 e. The predicted octanol–water partition coefficient (Wildman–Crippen LogP) is 3.56. The molecule has 1 aliphatic rings. The van der Waals surface area contributed by atoms with E-state index in [4.69, 9.17) is 17.0 Å². The van der Waals surface area contributed by atoms with Crippen LogP contribution in [-0.2, 0) is 16.1 Å². The first-order chi connectivity index (χ1) is 14.4. The molecule has 2 aromatic rings. The van der Waals surface area contributed by atoms with Crippen LogP contribution in [0.2, 0.25) is 0 Å². The molecule has 0 radical (unpaired) electrons. The third-order valence-electron chi connectivity index (χ3n) is 4.62. The minimum atomic E-state index is -0.229. The minimum absolute atomic E-state index is 0.131. The fourth-order valence-corrected chi connectivity index (χ4v) is 3.68. The van der Waals surface area contributed by atoms with Crippen molar-refractivity contribution in [1.29, 1.82) is 0 Å². The smallest absolute Gasteiger partial charge is 0.276 e. The van der Waals surface area contributed by atoms with Crippen LogP contribution in [0.15, 0.2) is 58.7 Å². The molecule has 1 N–H and O–H groups in total. The van der Waals surface area contributed by atoms with Crippen molar-refractivity contribution in [3.05, 3.63) is 69.8 Å². The van der Waals surface area contributed by atoms with Gasteiger partial charge in [0.2, 0.25) is 0 Å². The quantitative estimate of drug-likeness (QED) is 0.477. The molecule has 30 heavy (non-hydrogen) atoms. The first-order valence-corrected chi connectivity index (χ1v) is 10.6. The van der Waals surface area contributed by atoms with E-state index in [1.54, 1.807) is 24.1 Å². The number of nitrogens with zero attached hydrogens (tertiary/aromatic N) is 2. The average molecular weight is 488 g/mol. The van der Waals surface area contributed by atoms with Crippen LogP contribution >= 0.6 is 28.1 Å². The molecule has 1 saturated heterocycles. The first kappa shape index (κ1) is 22.0. The summed E-state index contributed by atoms with van der Waals surface area (Å²) in [5.74, 6) is 0.118. The first-order valence-electron chi connectivity index (χ1n) is 9.45. The molecule has 0 unspecified atom stereocenters. The normalized spacial score (nSPS) is 15.1. The van der Waals surface area contributed by atoms with Crippen molar-refractivity contribution >= 4 is 51.2 Å². The van der Waals surface area contributed by atoms with Crippen molar-refractivity contribution in [3.8, 4) is 5.75 Å². The van der Waals surface area contributed by atoms with Gasteiger partial charge < -0.3 is 15.0 Å². The highest BCUT2D eigenvalue weighted by molar-refractivity contribution is 9.10. The molecular weight excluding hydrogens is 466 g/mol. The number of amides is 2. The average Bonchev–Trinajstić information content (AvgIpc) is 2.95. The van der Waals surface area contributed by atoms with Gasteiger partial charge in [-0.05, 0) is 49.0 Å². The van der Waals surface area contributed by atoms with Gasteiger partial charge in [0.05, 0.1) is 0 Å². The number of thiocarbonyl (C=S) groups is 1. The standard InChI is InChI=1S/C22H22BrN3O3S/c1-3-26-21(28)18(25(2)22(26)30)12-16-11-17(23)9-10-19(16)29-14-20(27)24-13-15-7-5-4-6-8-15/h4-12H,3,13-14H2,1-2H3,(H,24,27). The van der Waals surface area contributed by atoms with Gasteiger partial charge in [-0.3, -0.25) is 14.5 Å². The Morgan fingerprint density at radius 2 is 1.97 bits per heavy atom. The highest BCUT2D eigenvalue weighted by atomic mass is 79.9. The van der Waals surface area contributed by atoms with Crippen LogP contribution in [0.3, 0.4) is 0 Å². The fourth-order valence-electron chi connectivity index (χ4n) is 2.99. The molecule has 0 bridgehead atoms. The summed E-state index contributed by atoms with van der Waals surface area (Å²) >= 11 is 8.79. The molecule has 1 heterocycles. The van der Waals surface area contributed by atoms with Crippen molar-refractivity contribution in [2.75, 3.05) is 20.2 Å². The predicted molar refractivity (Wildman–Crippen MR) is 124 cm³/mol. The lowest BCUT2D eigenvalue weighted by atomic mass is 10.1. The second-order valence-electron chi connectivity index (χ2n) is 6.65. The van der Waals surface area contributed by atoms with Gasteiger partial charge in [-0.1, -0.05) is 46.3 Å². The van der Waals surface area contributed by atoms with Crippen LogP contribution in [0.25, 0.3) is 6.08 Å². The molecule has 1 aliphatic heterocycles. The molecule has 0 saturated carbocycles. The van der Waals surface area contributed by atoms with Crippen LogP contribution in [0.4, 0.5) is 0 Å². The summed E-state index contributed by atoms with van der Waals surface area (Å²) in [6.07, 6.45) is 1.73. The van der Waals surface area contributed by atoms with E-state index >= 15 is 0 Å². The highest BCUT2D eigenvalue weighted by Gasteiger charge is 2.34. The van der Waals surface area contributed by atoms with Crippen LogP contribution in [0, 0.1) is 0 Å². The monoisotopic (exact) mass is 487 g/mol. The second-order valence-corrected chi connectivity index (χ2v) is 7.93. The summed E-state index contributed by atoms with van der Waals surface area (Å²) in [7, 11) is 1.76. The molecule has 8 heteroatoms. The Morgan fingerprint density at radius 3 is 2.63 bits per heavy atom. The Hall–Kier alpha value is -2.71. The van der Waals surface area contributed by atoms with Gasteiger partial charge in [-0.2, -0.15) is 0 Å². The molecule has 0 atom stereocenters. The number of halogens is 1. The van der Waals surface area contributed by atoms with E-state index in [9.17, 15) is 9.59 Å². The summed E-state index contributed by atoms with van der Waals surface area (Å²) < 4.78 is 6.58. The number of carbonyl (C=O) groups excluding carboxylic acids is 2. The van der Waals surface area contributed by atoms with Crippen molar-refractivity contribution in [2.45, 2.75) is 13.5 Å². The molecule has 6 nitrogen and oxygen atoms in total. The van der Waals surface area contributed by atoms with Crippen molar-refractivity contribution in [2.24, 2.45) is 0 Å². The summed E-state index contributed by atoms with van der Waals surface area (Å²) in [5.41, 5.74) is 2.15. The molecule has 1 fully saturated rings. The fraction of sp³-hybridized carbons (Fsp3) is 0.227. The van der Waals surface area contributed by atoms with E-state index in [0.717, 1.165) is 10.0 Å². The lowest BCUT2D eigenvalue weighted by Gasteiger charge is -2.14. The van der Waals surface area contributed by atoms with Gasteiger partial charge in [0.25, 0.3) is 11.8 Å². The van der Waals surface area contributed by atoms with Crippen LogP contribution in [0.1, 0.15) is 18.1 Å². The van der Waals surface area contributed by atoms with E-state index in [0.29, 0.717) is 35.2 Å². The molecule has 2 amide bonds. The zero-order valence-electron chi connectivity index (χ0n) is 16.7. The van der Waals surface area contributed by atoms with E-state index in [-0.39, 0.29) is 18.4 Å². The number of carbonyl (C=O) groups is 2. The Kier molecular flexibility index (Phi) is 7.23. The lowest BCUT2D eigenvalue weighted by Crippen LogP contribution is -2.30. The molecule has 156 valence electrons. The van der Waals surface area contributed by atoms with Gasteiger partial charge in [0, 0.05) is 30.2 Å². The molecule has 0 spiro atoms. The van der Waals surface area contributed by atoms with E-state index < -0.39 is 0 Å². The number of hydrogen-bond donors (Lipinski definition) is 1. The van der Waals surface area contributed by atoms with Crippen molar-refractivity contribution in [1.82, 2.24) is 15.1 Å². The number of hydrogen-bond acceptors (Lipinski definition) is 4. The maximum atomic E-state index is 12.7. The van der Waals surface area contributed by atoms with E-state index in [1.165, 1.54) is 4.90 Å². The second kappa shape index (κ2) is 9.86. The number of benzene rings is 2. The van der Waals surface area contributed by atoms with Crippen molar-refractivity contribution < 1.29 is 14.3 Å². The van der Waals surface area contributed by atoms with Crippen LogP contribution in [-0.4, -0.2) is 46.9 Å². The van der Waals surface area contributed by atoms with E-state index in [2.05, 4.69) is 21.2 Å². The van der Waals surface area contributed by atoms with Crippen molar-refractivity contribution in [3.63, 3.8) is 0 Å². The third-order valence-corrected chi connectivity index (χ3v) is 5.60. The lowest BCUT2D eigenvalue weighted by molar-refractivity contribution is -0.123. The van der Waals surface area contributed by atoms with Crippen LogP contribution in [0.5, 0.6) is 5.75 Å². The van der Waals surface area contributed by atoms with Gasteiger partial charge >= 0.3 is 0 Å². The maximum absolute atomic E-state index is 12.7. The highest BCUT2D eigenvalue weighted by Crippen LogP contribution is 2.29. The third kappa shape index (κ3) is 5.06. The summed E-state index contributed by atoms with van der Waals surface area (Å²) in [5, 5.41) is 3.30.